The van der Waals surface area contributed by atoms with Crippen LogP contribution in [0.15, 0.2) is 4.99 Å². The Hall–Kier alpha value is -1.26. The van der Waals surface area contributed by atoms with Crippen molar-refractivity contribution in [2.24, 2.45) is 22.4 Å². The van der Waals surface area contributed by atoms with Gasteiger partial charge in [-0.05, 0) is 12.8 Å². The molecule has 0 amide bonds. The lowest BCUT2D eigenvalue weighted by Crippen LogP contribution is -2.39. The van der Waals surface area contributed by atoms with Gasteiger partial charge in [0.1, 0.15) is 0 Å². The van der Waals surface area contributed by atoms with Gasteiger partial charge in [-0.3, -0.25) is 4.79 Å². The van der Waals surface area contributed by atoms with E-state index in [4.69, 9.17) is 16.6 Å². The molecule has 1 aliphatic rings. The molecule has 5 heteroatoms. The molecular weight excluding hydrogens is 146 g/mol. The van der Waals surface area contributed by atoms with Gasteiger partial charge in [-0.25, -0.2) is 4.99 Å². The molecule has 1 unspecified atom stereocenters. The van der Waals surface area contributed by atoms with Crippen LogP contribution in [0.1, 0.15) is 12.8 Å². The SMILES string of the molecule is NC(N)=N[C@@H]1CCC1C(=O)O. The minimum absolute atomic E-state index is 0.0269. The third-order valence-corrected chi connectivity index (χ3v) is 1.87. The summed E-state index contributed by atoms with van der Waals surface area (Å²) >= 11 is 0. The number of nitrogens with two attached hydrogens (primary N) is 2. The minimum atomic E-state index is -0.814. The summed E-state index contributed by atoms with van der Waals surface area (Å²) < 4.78 is 0. The maximum absolute atomic E-state index is 10.4. The van der Waals surface area contributed by atoms with E-state index in [1.165, 1.54) is 0 Å². The van der Waals surface area contributed by atoms with Gasteiger partial charge in [-0.1, -0.05) is 0 Å². The molecule has 0 spiro atoms. The van der Waals surface area contributed by atoms with Gasteiger partial charge in [0.15, 0.2) is 5.96 Å². The Bertz CT molecular complexity index is 198. The van der Waals surface area contributed by atoms with Crippen LogP contribution in [0.3, 0.4) is 0 Å². The predicted octanol–water partition coefficient (Wildman–Crippen LogP) is -0.877. The Morgan fingerprint density at radius 2 is 2.09 bits per heavy atom. The maximum Gasteiger partial charge on any atom is 0.308 e. The van der Waals surface area contributed by atoms with Crippen LogP contribution >= 0.6 is 0 Å². The van der Waals surface area contributed by atoms with Crippen molar-refractivity contribution in [1.82, 2.24) is 0 Å². The van der Waals surface area contributed by atoms with Crippen LogP contribution in [0.4, 0.5) is 0 Å². The predicted molar refractivity (Wildman–Crippen MR) is 40.0 cm³/mol. The average molecular weight is 157 g/mol. The van der Waals surface area contributed by atoms with E-state index in [1.54, 1.807) is 0 Å². The van der Waals surface area contributed by atoms with Crippen LogP contribution in [0, 0.1) is 5.92 Å². The lowest BCUT2D eigenvalue weighted by Gasteiger charge is -2.29. The number of rotatable bonds is 2. The molecule has 1 rings (SSSR count). The Morgan fingerprint density at radius 3 is 2.36 bits per heavy atom. The standard InChI is InChI=1S/C6H11N3O2/c7-6(8)9-4-2-1-3(4)5(10)11/h3-4H,1-2H2,(H,10,11)(H4,7,8,9)/t3?,4-/m1/s1. The number of aliphatic imine (C=N–C) groups is 1. The molecule has 0 radical (unpaired) electrons. The molecule has 0 aromatic carbocycles. The van der Waals surface area contributed by atoms with E-state index < -0.39 is 5.97 Å². The molecule has 11 heavy (non-hydrogen) atoms. The first-order valence-electron chi connectivity index (χ1n) is 3.43. The molecule has 0 heterocycles. The first-order chi connectivity index (χ1) is 5.11. The van der Waals surface area contributed by atoms with Crippen molar-refractivity contribution in [3.05, 3.63) is 0 Å². The van der Waals surface area contributed by atoms with Crippen LogP contribution in [0.5, 0.6) is 0 Å². The average Bonchev–Trinajstić information content (AvgIpc) is 1.78. The molecule has 1 aliphatic carbocycles. The second-order valence-electron chi connectivity index (χ2n) is 2.64. The van der Waals surface area contributed by atoms with Gasteiger partial charge in [0, 0.05) is 0 Å². The fraction of sp³-hybridized carbons (Fsp3) is 0.667. The van der Waals surface area contributed by atoms with Crippen LogP contribution in [0.2, 0.25) is 0 Å². The van der Waals surface area contributed by atoms with Crippen molar-refractivity contribution >= 4 is 11.9 Å². The Balaban J connectivity index is 2.50. The molecule has 0 saturated heterocycles. The van der Waals surface area contributed by atoms with E-state index in [9.17, 15) is 4.79 Å². The van der Waals surface area contributed by atoms with Crippen molar-refractivity contribution in [2.45, 2.75) is 18.9 Å². The van der Waals surface area contributed by atoms with E-state index in [2.05, 4.69) is 4.99 Å². The largest absolute Gasteiger partial charge is 0.481 e. The van der Waals surface area contributed by atoms with E-state index >= 15 is 0 Å². The number of hydrogen-bond acceptors (Lipinski definition) is 2. The fourth-order valence-corrected chi connectivity index (χ4v) is 1.12. The zero-order valence-corrected chi connectivity index (χ0v) is 6.03. The van der Waals surface area contributed by atoms with Crippen molar-refractivity contribution < 1.29 is 9.90 Å². The van der Waals surface area contributed by atoms with Crippen LogP contribution in [-0.4, -0.2) is 23.1 Å². The van der Waals surface area contributed by atoms with Crippen LogP contribution in [-0.2, 0) is 4.79 Å². The van der Waals surface area contributed by atoms with Gasteiger partial charge in [0.2, 0.25) is 0 Å². The second-order valence-corrected chi connectivity index (χ2v) is 2.64. The number of carboxylic acids is 1. The van der Waals surface area contributed by atoms with Gasteiger partial charge in [0.25, 0.3) is 0 Å². The third kappa shape index (κ3) is 1.60. The number of carboxylic acid groups (broad SMARTS) is 1. The molecule has 0 bridgehead atoms. The highest BCUT2D eigenvalue weighted by molar-refractivity contribution is 5.77. The summed E-state index contributed by atoms with van der Waals surface area (Å²) in [7, 11) is 0. The quantitative estimate of drug-likeness (QED) is 0.358. The monoisotopic (exact) mass is 157 g/mol. The Labute approximate surface area is 64.1 Å². The first kappa shape index (κ1) is 7.84. The molecule has 1 fully saturated rings. The van der Waals surface area contributed by atoms with E-state index in [0.717, 1.165) is 6.42 Å². The second kappa shape index (κ2) is 2.77. The normalized spacial score (nSPS) is 28.7. The molecule has 62 valence electrons. The first-order valence-corrected chi connectivity index (χ1v) is 3.43. The molecule has 5 nitrogen and oxygen atoms in total. The summed E-state index contributed by atoms with van der Waals surface area (Å²) in [6.45, 7) is 0. The Morgan fingerprint density at radius 1 is 1.45 bits per heavy atom. The van der Waals surface area contributed by atoms with Gasteiger partial charge < -0.3 is 16.6 Å². The molecule has 0 aliphatic heterocycles. The highest BCUT2D eigenvalue weighted by Gasteiger charge is 2.36. The summed E-state index contributed by atoms with van der Waals surface area (Å²) in [5, 5.41) is 8.57. The maximum atomic E-state index is 10.4. The van der Waals surface area contributed by atoms with E-state index in [0.29, 0.717) is 6.42 Å². The number of hydrogen-bond donors (Lipinski definition) is 3. The lowest BCUT2D eigenvalue weighted by atomic mass is 9.80. The highest BCUT2D eigenvalue weighted by atomic mass is 16.4. The van der Waals surface area contributed by atoms with E-state index in [1.807, 2.05) is 0 Å². The van der Waals surface area contributed by atoms with Gasteiger partial charge in [0.05, 0.1) is 12.0 Å². The molecule has 1 saturated carbocycles. The number of nitrogens with zero attached hydrogens (tertiary/aromatic N) is 1. The number of guanidine groups is 1. The number of aliphatic carboxylic acids is 1. The summed E-state index contributed by atoms with van der Waals surface area (Å²) in [5.74, 6) is -1.22. The summed E-state index contributed by atoms with van der Waals surface area (Å²) in [5.41, 5.74) is 10.2. The van der Waals surface area contributed by atoms with E-state index in [-0.39, 0.29) is 17.9 Å². The summed E-state index contributed by atoms with van der Waals surface area (Å²) in [6.07, 6.45) is 1.45. The third-order valence-electron chi connectivity index (χ3n) is 1.87. The van der Waals surface area contributed by atoms with Crippen molar-refractivity contribution in [3.8, 4) is 0 Å². The van der Waals surface area contributed by atoms with Gasteiger partial charge in [-0.2, -0.15) is 0 Å². The molecule has 0 aromatic rings. The molecule has 0 aromatic heterocycles. The number of carbonyl (C=O) groups is 1. The van der Waals surface area contributed by atoms with Crippen LogP contribution < -0.4 is 11.5 Å². The van der Waals surface area contributed by atoms with Crippen molar-refractivity contribution in [1.29, 1.82) is 0 Å². The minimum Gasteiger partial charge on any atom is -0.481 e. The summed E-state index contributed by atoms with van der Waals surface area (Å²) in [6, 6.07) is -0.197. The van der Waals surface area contributed by atoms with Gasteiger partial charge in [-0.15, -0.1) is 0 Å². The Kier molecular flexibility index (Phi) is 1.98. The molecular formula is C6H11N3O2. The highest BCUT2D eigenvalue weighted by Crippen LogP contribution is 2.30. The fourth-order valence-electron chi connectivity index (χ4n) is 1.12. The zero-order valence-electron chi connectivity index (χ0n) is 6.03. The summed E-state index contributed by atoms with van der Waals surface area (Å²) in [4.78, 5) is 14.2. The van der Waals surface area contributed by atoms with Crippen LogP contribution in [0.25, 0.3) is 0 Å². The smallest absolute Gasteiger partial charge is 0.308 e. The molecule has 2 atom stereocenters. The zero-order chi connectivity index (χ0) is 8.43. The van der Waals surface area contributed by atoms with Gasteiger partial charge >= 0.3 is 5.97 Å². The van der Waals surface area contributed by atoms with Crippen molar-refractivity contribution in [3.63, 3.8) is 0 Å². The molecule has 5 N–H and O–H groups in total. The topological polar surface area (TPSA) is 102 Å². The lowest BCUT2D eigenvalue weighted by molar-refractivity contribution is -0.145. The van der Waals surface area contributed by atoms with Crippen molar-refractivity contribution in [2.75, 3.05) is 0 Å².